The Morgan fingerprint density at radius 1 is 1.06 bits per heavy atom. The molecule has 2 saturated heterocycles. The van der Waals surface area contributed by atoms with Gasteiger partial charge in [0.05, 0.1) is 13.0 Å². The number of benzene rings is 2. The van der Waals surface area contributed by atoms with Gasteiger partial charge in [0.15, 0.2) is 0 Å². The molecule has 5 nitrogen and oxygen atoms in total. The minimum absolute atomic E-state index is 0.0190. The monoisotopic (exact) mass is 489 g/mol. The molecule has 0 unspecified atom stereocenters. The molecule has 0 aromatic heterocycles. The van der Waals surface area contributed by atoms with Gasteiger partial charge in [0.25, 0.3) is 5.91 Å². The van der Waals surface area contributed by atoms with Crippen LogP contribution in [0.4, 0.5) is 13.2 Å². The minimum atomic E-state index is -4.15. The molecule has 2 fully saturated rings. The SMILES string of the molecule is CN(C)C(=O)c1cccc(-c2ccc([C@H]3[C@@H](CO)N4CCCCN(CCC(F)(F)F)C[C@@H]34)cc2)c1. The largest absolute Gasteiger partial charge is 0.395 e. The molecule has 4 rings (SSSR count). The Morgan fingerprint density at radius 3 is 2.43 bits per heavy atom. The zero-order valence-corrected chi connectivity index (χ0v) is 20.3. The van der Waals surface area contributed by atoms with Crippen LogP contribution in [-0.4, -0.2) is 90.9 Å². The molecule has 1 N–H and O–H groups in total. The van der Waals surface area contributed by atoms with Gasteiger partial charge >= 0.3 is 6.18 Å². The van der Waals surface area contributed by atoms with E-state index in [1.807, 2.05) is 35.2 Å². The second kappa shape index (κ2) is 10.7. The topological polar surface area (TPSA) is 47.0 Å². The predicted molar refractivity (Wildman–Crippen MR) is 130 cm³/mol. The summed E-state index contributed by atoms with van der Waals surface area (Å²) in [6.07, 6.45) is -3.16. The van der Waals surface area contributed by atoms with Crippen molar-refractivity contribution in [2.45, 2.75) is 43.4 Å². The third kappa shape index (κ3) is 5.88. The first-order valence-electron chi connectivity index (χ1n) is 12.3. The number of hydrogen-bond acceptors (Lipinski definition) is 4. The molecule has 2 aliphatic heterocycles. The summed E-state index contributed by atoms with van der Waals surface area (Å²) in [4.78, 5) is 18.1. The van der Waals surface area contributed by atoms with Crippen LogP contribution in [0.5, 0.6) is 0 Å². The van der Waals surface area contributed by atoms with Gasteiger partial charge in [0, 0.05) is 50.7 Å². The maximum Gasteiger partial charge on any atom is 0.390 e. The number of halogens is 3. The van der Waals surface area contributed by atoms with E-state index in [0.717, 1.165) is 36.1 Å². The lowest BCUT2D eigenvalue weighted by molar-refractivity contribution is -0.140. The molecule has 0 aliphatic carbocycles. The van der Waals surface area contributed by atoms with Gasteiger partial charge in [0.2, 0.25) is 0 Å². The highest BCUT2D eigenvalue weighted by Crippen LogP contribution is 2.42. The van der Waals surface area contributed by atoms with Crippen molar-refractivity contribution in [1.82, 2.24) is 14.7 Å². The van der Waals surface area contributed by atoms with Crippen molar-refractivity contribution in [3.63, 3.8) is 0 Å². The van der Waals surface area contributed by atoms with Crippen molar-refractivity contribution in [2.24, 2.45) is 0 Å². The normalized spacial score (nSPS) is 23.7. The Morgan fingerprint density at radius 2 is 1.77 bits per heavy atom. The van der Waals surface area contributed by atoms with E-state index in [0.29, 0.717) is 18.7 Å². The number of fused-ring (bicyclic) bond motifs is 1. The van der Waals surface area contributed by atoms with Gasteiger partial charge in [-0.25, -0.2) is 0 Å². The summed E-state index contributed by atoms with van der Waals surface area (Å²) >= 11 is 0. The maximum atomic E-state index is 12.8. The van der Waals surface area contributed by atoms with Crippen LogP contribution >= 0.6 is 0 Å². The molecule has 0 saturated carbocycles. The van der Waals surface area contributed by atoms with Crippen LogP contribution in [-0.2, 0) is 0 Å². The van der Waals surface area contributed by atoms with Gasteiger partial charge in [-0.3, -0.25) is 9.69 Å². The Bertz CT molecular complexity index is 1010. The fraction of sp³-hybridized carbons (Fsp3) is 0.519. The zero-order chi connectivity index (χ0) is 25.2. The Hall–Kier alpha value is -2.42. The standard InChI is InChI=1S/C27H34F3N3O2/c1-31(2)26(35)22-7-5-6-21(16-22)19-8-10-20(11-9-19)25-23-17-32(15-12-27(28,29)30)13-3-4-14-33(23)24(25)18-34/h5-11,16,23-25,34H,3-4,12-15,17-18H2,1-2H3/t23-,24+,25+/m0/s1. The molecule has 2 aromatic rings. The first-order valence-corrected chi connectivity index (χ1v) is 12.3. The lowest BCUT2D eigenvalue weighted by atomic mass is 9.74. The van der Waals surface area contributed by atoms with Crippen LogP contribution in [0, 0.1) is 0 Å². The number of rotatable bonds is 6. The average molecular weight is 490 g/mol. The second-order valence-electron chi connectivity index (χ2n) is 9.86. The van der Waals surface area contributed by atoms with Crippen LogP contribution in [0.25, 0.3) is 11.1 Å². The number of aliphatic hydroxyl groups excluding tert-OH is 1. The molecule has 1 amide bonds. The van der Waals surface area contributed by atoms with E-state index in [-0.39, 0.29) is 37.1 Å². The number of amides is 1. The summed E-state index contributed by atoms with van der Waals surface area (Å²) in [7, 11) is 3.45. The van der Waals surface area contributed by atoms with Crippen molar-refractivity contribution < 1.29 is 23.1 Å². The van der Waals surface area contributed by atoms with Gasteiger partial charge in [-0.05, 0) is 54.8 Å². The Labute approximate surface area is 205 Å². The average Bonchev–Trinajstić information content (AvgIpc) is 2.81. The quantitative estimate of drug-likeness (QED) is 0.660. The van der Waals surface area contributed by atoms with Crippen molar-refractivity contribution in [2.75, 3.05) is 46.9 Å². The molecule has 2 heterocycles. The molecular weight excluding hydrogens is 455 g/mol. The Balaban J connectivity index is 1.52. The third-order valence-corrected chi connectivity index (χ3v) is 7.31. The smallest absolute Gasteiger partial charge is 0.390 e. The molecule has 3 atom stereocenters. The van der Waals surface area contributed by atoms with Crippen LogP contribution < -0.4 is 0 Å². The van der Waals surface area contributed by atoms with Gasteiger partial charge in [-0.2, -0.15) is 13.2 Å². The van der Waals surface area contributed by atoms with Gasteiger partial charge < -0.3 is 14.9 Å². The number of nitrogens with zero attached hydrogens (tertiary/aromatic N) is 3. The molecule has 0 bridgehead atoms. The summed E-state index contributed by atoms with van der Waals surface area (Å²) in [5.41, 5.74) is 3.65. The van der Waals surface area contributed by atoms with Gasteiger partial charge in [-0.15, -0.1) is 0 Å². The molecule has 8 heteroatoms. The highest BCUT2D eigenvalue weighted by molar-refractivity contribution is 5.95. The fourth-order valence-electron chi connectivity index (χ4n) is 5.49. The summed E-state index contributed by atoms with van der Waals surface area (Å²) in [5.74, 6) is 0.0189. The summed E-state index contributed by atoms with van der Waals surface area (Å²) in [6, 6.07) is 15.7. The molecule has 0 spiro atoms. The second-order valence-corrected chi connectivity index (χ2v) is 9.86. The van der Waals surface area contributed by atoms with Crippen LogP contribution in [0.3, 0.4) is 0 Å². The zero-order valence-electron chi connectivity index (χ0n) is 20.3. The highest BCUT2D eigenvalue weighted by Gasteiger charge is 2.49. The van der Waals surface area contributed by atoms with Gasteiger partial charge in [-0.1, -0.05) is 36.4 Å². The van der Waals surface area contributed by atoms with Crippen molar-refractivity contribution in [1.29, 1.82) is 0 Å². The lowest BCUT2D eigenvalue weighted by Gasteiger charge is -2.57. The molecule has 35 heavy (non-hydrogen) atoms. The van der Waals surface area contributed by atoms with E-state index < -0.39 is 12.6 Å². The van der Waals surface area contributed by atoms with E-state index in [9.17, 15) is 23.1 Å². The molecule has 2 aliphatic rings. The first-order chi connectivity index (χ1) is 16.7. The third-order valence-electron chi connectivity index (χ3n) is 7.31. The highest BCUT2D eigenvalue weighted by atomic mass is 19.4. The maximum absolute atomic E-state index is 12.8. The minimum Gasteiger partial charge on any atom is -0.395 e. The summed E-state index contributed by atoms with van der Waals surface area (Å²) < 4.78 is 38.5. The van der Waals surface area contributed by atoms with Crippen molar-refractivity contribution in [3.05, 3.63) is 59.7 Å². The van der Waals surface area contributed by atoms with E-state index in [2.05, 4.69) is 17.0 Å². The van der Waals surface area contributed by atoms with Crippen LogP contribution in [0.15, 0.2) is 48.5 Å². The van der Waals surface area contributed by atoms with E-state index in [4.69, 9.17) is 0 Å². The number of carbonyl (C=O) groups is 1. The van der Waals surface area contributed by atoms with E-state index in [1.54, 1.807) is 25.1 Å². The number of aliphatic hydroxyl groups is 1. The Kier molecular flexibility index (Phi) is 7.83. The van der Waals surface area contributed by atoms with Crippen molar-refractivity contribution >= 4 is 5.91 Å². The van der Waals surface area contributed by atoms with Crippen LogP contribution in [0.1, 0.15) is 41.1 Å². The predicted octanol–water partition coefficient (Wildman–Crippen LogP) is 4.23. The number of carbonyl (C=O) groups excluding carboxylic acids is 1. The summed E-state index contributed by atoms with van der Waals surface area (Å²) in [5, 5.41) is 10.1. The summed E-state index contributed by atoms with van der Waals surface area (Å²) in [6.45, 7) is 2.17. The lowest BCUT2D eigenvalue weighted by Crippen LogP contribution is -2.67. The molecule has 190 valence electrons. The van der Waals surface area contributed by atoms with Crippen molar-refractivity contribution in [3.8, 4) is 11.1 Å². The van der Waals surface area contributed by atoms with Crippen LogP contribution in [0.2, 0.25) is 0 Å². The molecule has 2 aromatic carbocycles. The van der Waals surface area contributed by atoms with E-state index in [1.165, 1.54) is 0 Å². The number of alkyl halides is 3. The molecular formula is C27H34F3N3O2. The fourth-order valence-corrected chi connectivity index (χ4v) is 5.49. The first kappa shape index (κ1) is 25.7. The van der Waals surface area contributed by atoms with Gasteiger partial charge in [0.1, 0.15) is 0 Å². The van der Waals surface area contributed by atoms with E-state index >= 15 is 0 Å². The number of hydrogen-bond donors (Lipinski definition) is 1. The molecule has 0 radical (unpaired) electrons.